The largest absolute Gasteiger partial charge is 1.00 e. The number of carbonyl (C=O) groups is 2. The van der Waals surface area contributed by atoms with E-state index in [1.807, 2.05) is 0 Å². The molecule has 1 atom stereocenters. The van der Waals surface area contributed by atoms with Gasteiger partial charge in [0.25, 0.3) is 0 Å². The minimum atomic E-state index is -1.08. The number of carbonyl (C=O) groups excluding carboxylic acids is 1. The van der Waals surface area contributed by atoms with Gasteiger partial charge in [-0.1, -0.05) is 0 Å². The summed E-state index contributed by atoms with van der Waals surface area (Å²) >= 11 is 0. The molecule has 0 aromatic carbocycles. The van der Waals surface area contributed by atoms with Gasteiger partial charge in [-0.25, -0.2) is 0 Å². The zero-order chi connectivity index (χ0) is 10.3. The van der Waals surface area contributed by atoms with E-state index in [2.05, 4.69) is 0 Å². The van der Waals surface area contributed by atoms with Crippen LogP contribution in [0.25, 0.3) is 0 Å². The van der Waals surface area contributed by atoms with Crippen LogP contribution in [0.4, 0.5) is 0 Å². The van der Waals surface area contributed by atoms with E-state index in [0.29, 0.717) is 0 Å². The summed E-state index contributed by atoms with van der Waals surface area (Å²) in [6.07, 6.45) is 0. The van der Waals surface area contributed by atoms with Crippen LogP contribution in [0.5, 0.6) is 0 Å². The smallest absolute Gasteiger partial charge is 0.550 e. The van der Waals surface area contributed by atoms with E-state index in [0.717, 1.165) is 6.92 Å². The molecule has 0 rings (SSSR count). The first-order valence-corrected chi connectivity index (χ1v) is 3.35. The molecule has 0 fully saturated rings. The van der Waals surface area contributed by atoms with Crippen molar-refractivity contribution in [2.45, 2.75) is 19.9 Å². The Bertz CT molecular complexity index is 157. The molecule has 0 aromatic rings. The van der Waals surface area contributed by atoms with Crippen LogP contribution in [0, 0.1) is 0 Å². The Morgan fingerprint density at radius 1 is 1.38 bits per heavy atom. The Morgan fingerprint density at radius 2 is 1.62 bits per heavy atom. The van der Waals surface area contributed by atoms with Crippen molar-refractivity contribution in [3.8, 4) is 0 Å². The molecule has 0 aliphatic heterocycles. The Balaban J connectivity index is -0.000000173. The molecule has 1 unspecified atom stereocenters. The van der Waals surface area contributed by atoms with Crippen LogP contribution in [-0.2, 0) is 9.59 Å². The van der Waals surface area contributed by atoms with Gasteiger partial charge in [-0.05, 0) is 27.9 Å². The Labute approximate surface area is 100 Å². The molecule has 0 bridgehead atoms. The van der Waals surface area contributed by atoms with E-state index in [1.54, 1.807) is 25.9 Å². The van der Waals surface area contributed by atoms with E-state index >= 15 is 0 Å². The van der Waals surface area contributed by atoms with Crippen molar-refractivity contribution in [3.05, 3.63) is 0 Å². The molecule has 0 heterocycles. The number of hydrogen-bond acceptors (Lipinski definition) is 4. The summed E-state index contributed by atoms with van der Waals surface area (Å²) in [5.74, 6) is -1.87. The van der Waals surface area contributed by atoms with Gasteiger partial charge >= 0.3 is 35.5 Å². The molecule has 0 spiro atoms. The second-order valence-corrected chi connectivity index (χ2v) is 2.47. The number of carboxylic acid groups (broad SMARTS) is 2. The van der Waals surface area contributed by atoms with Crippen LogP contribution >= 0.6 is 0 Å². The van der Waals surface area contributed by atoms with Crippen molar-refractivity contribution in [1.29, 1.82) is 0 Å². The van der Waals surface area contributed by atoms with Crippen molar-refractivity contribution in [3.63, 3.8) is 0 Å². The molecular weight excluding hydrogens is 185 g/mol. The molecule has 6 heteroatoms. The summed E-state index contributed by atoms with van der Waals surface area (Å²) in [4.78, 5) is 20.6. The molecular formula is C7H14NNaO4. The van der Waals surface area contributed by atoms with Crippen molar-refractivity contribution in [1.82, 2.24) is 4.90 Å². The summed E-state index contributed by atoms with van der Waals surface area (Å²) in [5.41, 5.74) is 0. The SMILES string of the molecule is CC(=O)[O-].CC(C(=O)O)N(C)C.[Na+]. The number of hydrogen-bond donors (Lipinski definition) is 1. The van der Waals surface area contributed by atoms with Gasteiger partial charge in [-0.15, -0.1) is 0 Å². The van der Waals surface area contributed by atoms with Gasteiger partial charge in [0.05, 0.1) is 0 Å². The maximum atomic E-state index is 10.1. The maximum absolute atomic E-state index is 10.1. The molecule has 0 amide bonds. The third kappa shape index (κ3) is 18.7. The van der Waals surface area contributed by atoms with Gasteiger partial charge in [0.15, 0.2) is 0 Å². The van der Waals surface area contributed by atoms with Gasteiger partial charge in [-0.2, -0.15) is 0 Å². The summed E-state index contributed by atoms with van der Waals surface area (Å²) in [6.45, 7) is 2.61. The van der Waals surface area contributed by atoms with Crippen LogP contribution in [0.2, 0.25) is 0 Å². The molecule has 0 saturated carbocycles. The average Bonchev–Trinajstić information content (AvgIpc) is 1.84. The van der Waals surface area contributed by atoms with Crippen LogP contribution < -0.4 is 34.7 Å². The van der Waals surface area contributed by atoms with Gasteiger partial charge in [0.2, 0.25) is 0 Å². The van der Waals surface area contributed by atoms with Crippen LogP contribution in [0.1, 0.15) is 13.8 Å². The van der Waals surface area contributed by atoms with Gasteiger partial charge in [-0.3, -0.25) is 9.69 Å². The normalized spacial score (nSPS) is 10.5. The van der Waals surface area contributed by atoms with E-state index < -0.39 is 11.9 Å². The zero-order valence-electron chi connectivity index (χ0n) is 8.70. The predicted octanol–water partition coefficient (Wildman–Crippen LogP) is -4.22. The summed E-state index contributed by atoms with van der Waals surface area (Å²) < 4.78 is 0. The number of likely N-dealkylation sites (N-methyl/N-ethyl adjacent to an activating group) is 1. The van der Waals surface area contributed by atoms with E-state index in [-0.39, 0.29) is 35.6 Å². The fourth-order valence-corrected chi connectivity index (χ4v) is 0.221. The molecule has 0 aliphatic rings. The van der Waals surface area contributed by atoms with Crippen molar-refractivity contribution in [2.24, 2.45) is 0 Å². The van der Waals surface area contributed by atoms with E-state index in [4.69, 9.17) is 15.0 Å². The zero-order valence-corrected chi connectivity index (χ0v) is 10.7. The maximum Gasteiger partial charge on any atom is 1.00 e. The second-order valence-electron chi connectivity index (χ2n) is 2.47. The van der Waals surface area contributed by atoms with Gasteiger partial charge in [0, 0.05) is 5.97 Å². The molecule has 0 saturated heterocycles. The number of carboxylic acids is 2. The van der Waals surface area contributed by atoms with Crippen LogP contribution in [0.3, 0.4) is 0 Å². The van der Waals surface area contributed by atoms with Gasteiger partial charge in [0.1, 0.15) is 6.04 Å². The van der Waals surface area contributed by atoms with Crippen molar-refractivity contribution < 1.29 is 49.4 Å². The molecule has 0 aliphatic carbocycles. The third-order valence-corrected chi connectivity index (χ3v) is 1.13. The summed E-state index contributed by atoms with van der Waals surface area (Å²) in [7, 11) is 3.47. The number of nitrogens with zero attached hydrogens (tertiary/aromatic N) is 1. The van der Waals surface area contributed by atoms with Crippen molar-refractivity contribution >= 4 is 11.9 Å². The van der Waals surface area contributed by atoms with Crippen LogP contribution in [-0.4, -0.2) is 42.1 Å². The molecule has 13 heavy (non-hydrogen) atoms. The Hall–Kier alpha value is -0.100. The molecule has 72 valence electrons. The Morgan fingerprint density at radius 3 is 1.62 bits per heavy atom. The first kappa shape index (κ1) is 18.6. The summed E-state index contributed by atoms with van der Waals surface area (Å²) in [6, 6.07) is -0.380. The first-order valence-electron chi connectivity index (χ1n) is 3.35. The fraction of sp³-hybridized carbons (Fsp3) is 0.714. The van der Waals surface area contributed by atoms with Gasteiger partial charge < -0.3 is 15.0 Å². The topological polar surface area (TPSA) is 80.7 Å². The summed E-state index contributed by atoms with van der Waals surface area (Å²) in [5, 5.41) is 17.2. The minimum absolute atomic E-state index is 0. The van der Waals surface area contributed by atoms with E-state index in [1.165, 1.54) is 0 Å². The Kier molecular flexibility index (Phi) is 14.3. The minimum Gasteiger partial charge on any atom is -0.550 e. The fourth-order valence-electron chi connectivity index (χ4n) is 0.221. The molecule has 0 aromatic heterocycles. The van der Waals surface area contributed by atoms with E-state index in [9.17, 15) is 4.79 Å². The second kappa shape index (κ2) is 9.98. The number of aliphatic carboxylic acids is 2. The standard InChI is InChI=1S/C5H11NO2.C2H4O2.Na/c1-4(5(7)8)6(2)3;1-2(3)4;/h4H,1-3H3,(H,7,8);1H3,(H,3,4);/q;;+1/p-1. The monoisotopic (exact) mass is 199 g/mol. The van der Waals surface area contributed by atoms with Crippen LogP contribution in [0.15, 0.2) is 0 Å². The number of rotatable bonds is 2. The molecule has 5 nitrogen and oxygen atoms in total. The van der Waals surface area contributed by atoms with Crippen molar-refractivity contribution in [2.75, 3.05) is 14.1 Å². The molecule has 0 radical (unpaired) electrons. The average molecular weight is 199 g/mol. The third-order valence-electron chi connectivity index (χ3n) is 1.13. The quantitative estimate of drug-likeness (QED) is 0.456. The first-order chi connectivity index (χ1) is 5.29. The molecule has 1 N–H and O–H groups in total. The predicted molar refractivity (Wildman–Crippen MR) is 41.5 cm³/mol.